The lowest BCUT2D eigenvalue weighted by molar-refractivity contribution is 0.179. The minimum atomic E-state index is 0. The Kier molecular flexibility index (Phi) is 5.98. The summed E-state index contributed by atoms with van der Waals surface area (Å²) in [6, 6.07) is 0. The Morgan fingerprint density at radius 3 is 2.47 bits per heavy atom. The van der Waals surface area contributed by atoms with E-state index < -0.39 is 0 Å². The zero-order chi connectivity index (χ0) is 12.3. The molecule has 3 fully saturated rings. The van der Waals surface area contributed by atoms with E-state index in [1.54, 1.807) is 0 Å². The fourth-order valence-corrected chi connectivity index (χ4v) is 4.46. The molecular weight excluding hydrogens is 256 g/mol. The van der Waals surface area contributed by atoms with Gasteiger partial charge in [0.05, 0.1) is 0 Å². The molecule has 0 aromatic carbocycles. The van der Waals surface area contributed by atoms with E-state index in [-0.39, 0.29) is 12.4 Å². The molecule has 1 aliphatic carbocycles. The largest absolute Gasteiger partial charge is 0.317 e. The van der Waals surface area contributed by atoms with Gasteiger partial charge in [-0.15, -0.1) is 12.4 Å². The Morgan fingerprint density at radius 2 is 1.74 bits per heavy atom. The highest BCUT2D eigenvalue weighted by Gasteiger charge is 2.38. The molecule has 0 radical (unpaired) electrons. The maximum atomic E-state index is 3.48. The summed E-state index contributed by atoms with van der Waals surface area (Å²) in [4.78, 5) is 2.79. The Balaban J connectivity index is 0.00000133. The maximum absolute atomic E-state index is 3.48. The zero-order valence-corrected chi connectivity index (χ0v) is 13.1. The van der Waals surface area contributed by atoms with Crippen molar-refractivity contribution in [1.82, 2.24) is 10.2 Å². The Morgan fingerprint density at radius 1 is 1.00 bits per heavy atom. The Bertz CT molecular complexity index is 257. The topological polar surface area (TPSA) is 15.3 Å². The van der Waals surface area contributed by atoms with Crippen LogP contribution in [-0.4, -0.2) is 37.6 Å². The molecule has 3 rings (SSSR count). The van der Waals surface area contributed by atoms with Crippen molar-refractivity contribution in [3.8, 4) is 0 Å². The number of halogens is 1. The molecule has 1 saturated carbocycles. The van der Waals surface area contributed by atoms with Crippen LogP contribution in [0.4, 0.5) is 0 Å². The summed E-state index contributed by atoms with van der Waals surface area (Å²) in [7, 11) is 0. The Labute approximate surface area is 125 Å². The fraction of sp³-hybridized carbons (Fsp3) is 1.00. The first kappa shape index (κ1) is 15.6. The summed E-state index contributed by atoms with van der Waals surface area (Å²) < 4.78 is 0. The third kappa shape index (κ3) is 4.09. The second-order valence-electron chi connectivity index (χ2n) is 7.07. The van der Waals surface area contributed by atoms with Crippen LogP contribution in [0, 0.1) is 11.3 Å². The van der Waals surface area contributed by atoms with Crippen molar-refractivity contribution in [2.75, 3.05) is 32.7 Å². The van der Waals surface area contributed by atoms with Gasteiger partial charge in [-0.1, -0.05) is 19.3 Å². The van der Waals surface area contributed by atoms with E-state index in [9.17, 15) is 0 Å². The molecule has 2 nitrogen and oxygen atoms in total. The quantitative estimate of drug-likeness (QED) is 0.855. The molecule has 112 valence electrons. The third-order valence-electron chi connectivity index (χ3n) is 5.74. The van der Waals surface area contributed by atoms with Gasteiger partial charge in [0.25, 0.3) is 0 Å². The molecule has 0 aromatic rings. The van der Waals surface area contributed by atoms with Gasteiger partial charge < -0.3 is 10.2 Å². The number of hydrogen-bond acceptors (Lipinski definition) is 2. The molecule has 3 heteroatoms. The molecule has 0 amide bonds. The van der Waals surface area contributed by atoms with Gasteiger partial charge in [0.1, 0.15) is 0 Å². The fourth-order valence-electron chi connectivity index (χ4n) is 4.46. The van der Waals surface area contributed by atoms with Crippen LogP contribution in [0.5, 0.6) is 0 Å². The molecule has 0 atom stereocenters. The van der Waals surface area contributed by atoms with Crippen LogP contribution >= 0.6 is 12.4 Å². The highest BCUT2D eigenvalue weighted by Crippen LogP contribution is 2.43. The van der Waals surface area contributed by atoms with Crippen molar-refractivity contribution in [2.24, 2.45) is 11.3 Å². The van der Waals surface area contributed by atoms with E-state index >= 15 is 0 Å². The first-order valence-electron chi connectivity index (χ1n) is 8.29. The van der Waals surface area contributed by atoms with Gasteiger partial charge in [-0.2, -0.15) is 0 Å². The maximum Gasteiger partial charge on any atom is 0.00385 e. The molecule has 2 heterocycles. The van der Waals surface area contributed by atoms with Gasteiger partial charge in [0, 0.05) is 6.54 Å². The summed E-state index contributed by atoms with van der Waals surface area (Å²) in [5, 5.41) is 3.48. The summed E-state index contributed by atoms with van der Waals surface area (Å²) >= 11 is 0. The molecule has 2 aliphatic heterocycles. The second-order valence-corrected chi connectivity index (χ2v) is 7.07. The smallest absolute Gasteiger partial charge is 0.00385 e. The van der Waals surface area contributed by atoms with Gasteiger partial charge >= 0.3 is 0 Å². The van der Waals surface area contributed by atoms with Crippen molar-refractivity contribution >= 4 is 12.4 Å². The van der Waals surface area contributed by atoms with Gasteiger partial charge in [-0.05, 0) is 76.0 Å². The van der Waals surface area contributed by atoms with Gasteiger partial charge in [0.2, 0.25) is 0 Å². The average Bonchev–Trinajstić information content (AvgIpc) is 2.82. The van der Waals surface area contributed by atoms with E-state index in [0.29, 0.717) is 0 Å². The van der Waals surface area contributed by atoms with Crippen LogP contribution in [0.3, 0.4) is 0 Å². The predicted molar refractivity (Wildman–Crippen MR) is 84.0 cm³/mol. The molecular formula is C16H31ClN2. The van der Waals surface area contributed by atoms with Crippen LogP contribution in [0.25, 0.3) is 0 Å². The van der Waals surface area contributed by atoms with Crippen molar-refractivity contribution in [3.05, 3.63) is 0 Å². The highest BCUT2D eigenvalue weighted by atomic mass is 35.5. The van der Waals surface area contributed by atoms with E-state index in [0.717, 1.165) is 11.3 Å². The second kappa shape index (κ2) is 7.28. The van der Waals surface area contributed by atoms with Crippen molar-refractivity contribution in [3.63, 3.8) is 0 Å². The predicted octanol–water partition coefficient (Wildman–Crippen LogP) is 3.45. The standard InChI is InChI=1S/C16H30N2.ClH/c1-2-7-16(8-3-1)9-13-18(14-16)12-6-15-4-10-17-11-5-15;/h15,17H,1-14H2;1H. The zero-order valence-electron chi connectivity index (χ0n) is 12.3. The van der Waals surface area contributed by atoms with Crippen LogP contribution in [0.2, 0.25) is 0 Å². The molecule has 3 aliphatic rings. The molecule has 0 unspecified atom stereocenters. The van der Waals surface area contributed by atoms with Crippen LogP contribution in [-0.2, 0) is 0 Å². The number of nitrogens with zero attached hydrogens (tertiary/aromatic N) is 1. The molecule has 1 spiro atoms. The van der Waals surface area contributed by atoms with E-state index in [2.05, 4.69) is 10.2 Å². The van der Waals surface area contributed by atoms with Gasteiger partial charge in [-0.25, -0.2) is 0 Å². The monoisotopic (exact) mass is 286 g/mol. The van der Waals surface area contributed by atoms with E-state index in [1.807, 2.05) is 0 Å². The number of likely N-dealkylation sites (tertiary alicyclic amines) is 1. The summed E-state index contributed by atoms with van der Waals surface area (Å²) in [5.41, 5.74) is 0.756. The molecule has 2 saturated heterocycles. The number of piperidine rings is 1. The van der Waals surface area contributed by atoms with Gasteiger partial charge in [0.15, 0.2) is 0 Å². The summed E-state index contributed by atoms with van der Waals surface area (Å²) in [6.07, 6.45) is 13.3. The van der Waals surface area contributed by atoms with E-state index in [4.69, 9.17) is 0 Å². The van der Waals surface area contributed by atoms with Crippen LogP contribution in [0.15, 0.2) is 0 Å². The first-order valence-corrected chi connectivity index (χ1v) is 8.29. The molecule has 19 heavy (non-hydrogen) atoms. The summed E-state index contributed by atoms with van der Waals surface area (Å²) in [5.74, 6) is 1.01. The first-order chi connectivity index (χ1) is 8.86. The molecule has 0 aromatic heterocycles. The van der Waals surface area contributed by atoms with Crippen LogP contribution in [0.1, 0.15) is 57.8 Å². The lowest BCUT2D eigenvalue weighted by Gasteiger charge is -2.33. The third-order valence-corrected chi connectivity index (χ3v) is 5.74. The number of nitrogens with one attached hydrogen (secondary N) is 1. The van der Waals surface area contributed by atoms with Crippen molar-refractivity contribution in [2.45, 2.75) is 57.8 Å². The SMILES string of the molecule is C1CCC2(CC1)CCN(CCC1CCNCC1)C2.Cl. The lowest BCUT2D eigenvalue weighted by Crippen LogP contribution is -2.32. The highest BCUT2D eigenvalue weighted by molar-refractivity contribution is 5.85. The number of hydrogen-bond donors (Lipinski definition) is 1. The molecule has 1 N–H and O–H groups in total. The van der Waals surface area contributed by atoms with Crippen LogP contribution < -0.4 is 5.32 Å². The summed E-state index contributed by atoms with van der Waals surface area (Å²) in [6.45, 7) is 6.72. The Hall–Kier alpha value is 0.210. The lowest BCUT2D eigenvalue weighted by atomic mass is 9.73. The minimum absolute atomic E-state index is 0. The van der Waals surface area contributed by atoms with Crippen molar-refractivity contribution in [1.29, 1.82) is 0 Å². The normalized spacial score (nSPS) is 28.4. The molecule has 0 bridgehead atoms. The van der Waals surface area contributed by atoms with E-state index in [1.165, 1.54) is 90.5 Å². The number of rotatable bonds is 3. The van der Waals surface area contributed by atoms with Gasteiger partial charge in [-0.3, -0.25) is 0 Å². The average molecular weight is 287 g/mol. The van der Waals surface area contributed by atoms with Crippen molar-refractivity contribution < 1.29 is 0 Å². The minimum Gasteiger partial charge on any atom is -0.317 e.